The minimum Gasteiger partial charge on any atom is -0.349 e. The molecule has 1 aromatic heterocycles. The Morgan fingerprint density at radius 1 is 1.07 bits per heavy atom. The highest BCUT2D eigenvalue weighted by Crippen LogP contribution is 2.17. The molecule has 4 heteroatoms. The van der Waals surface area contributed by atoms with Crippen LogP contribution in [-0.2, 0) is 6.42 Å². The summed E-state index contributed by atoms with van der Waals surface area (Å²) in [4.78, 5) is 16.9. The Balaban J connectivity index is 1.76. The summed E-state index contributed by atoms with van der Waals surface area (Å²) in [5.74, 6) is 0.0298. The molecule has 0 spiro atoms. The molecule has 2 aromatic carbocycles. The number of halogens is 1. The number of carbonyl (C=O) groups excluding carboxylic acids is 1. The molecule has 27 heavy (non-hydrogen) atoms. The number of hydrogen-bond acceptors (Lipinski definition) is 2. The minimum absolute atomic E-state index is 0.0468. The van der Waals surface area contributed by atoms with Crippen molar-refractivity contribution >= 4 is 16.8 Å². The zero-order valence-corrected chi connectivity index (χ0v) is 15.8. The fraction of sp³-hybridized carbons (Fsp3) is 0.304. The van der Waals surface area contributed by atoms with Crippen LogP contribution in [0.1, 0.15) is 42.6 Å². The fourth-order valence-corrected chi connectivity index (χ4v) is 3.17. The van der Waals surface area contributed by atoms with Gasteiger partial charge >= 0.3 is 0 Å². The molecule has 3 aromatic rings. The Morgan fingerprint density at radius 3 is 2.59 bits per heavy atom. The van der Waals surface area contributed by atoms with Gasteiger partial charge in [0.1, 0.15) is 11.3 Å². The lowest BCUT2D eigenvalue weighted by molar-refractivity contribution is 0.0933. The van der Waals surface area contributed by atoms with Gasteiger partial charge in [0.15, 0.2) is 0 Å². The summed E-state index contributed by atoms with van der Waals surface area (Å²) in [5, 5.41) is 3.77. The van der Waals surface area contributed by atoms with Gasteiger partial charge in [0.05, 0.1) is 5.56 Å². The zero-order valence-electron chi connectivity index (χ0n) is 15.8. The van der Waals surface area contributed by atoms with E-state index >= 15 is 0 Å². The summed E-state index contributed by atoms with van der Waals surface area (Å²) in [7, 11) is 0. The van der Waals surface area contributed by atoms with E-state index in [1.54, 1.807) is 18.2 Å². The average Bonchev–Trinajstić information content (AvgIpc) is 2.67. The number of carbonyl (C=O) groups is 1. The molecule has 1 amide bonds. The Kier molecular flexibility index (Phi) is 6.17. The van der Waals surface area contributed by atoms with Crippen molar-refractivity contribution in [1.29, 1.82) is 0 Å². The quantitative estimate of drug-likeness (QED) is 0.630. The van der Waals surface area contributed by atoms with Gasteiger partial charge in [-0.05, 0) is 42.9 Å². The van der Waals surface area contributed by atoms with E-state index in [-0.39, 0.29) is 23.3 Å². The second-order valence-electron chi connectivity index (χ2n) is 7.37. The molecule has 0 bridgehead atoms. The third-order valence-electron chi connectivity index (χ3n) is 4.68. The molecule has 0 radical (unpaired) electrons. The minimum atomic E-state index is -0.377. The van der Waals surface area contributed by atoms with Crippen LogP contribution in [0.4, 0.5) is 4.39 Å². The van der Waals surface area contributed by atoms with Crippen molar-refractivity contribution in [1.82, 2.24) is 10.3 Å². The molecule has 1 atom stereocenters. The standard InChI is InChI=1S/C23H25FN2O/c1-16(2)11-12-20(13-17-7-4-3-5-8-17)26-23(27)19-14-18-9-6-10-21(24)22(18)25-15-19/h3-10,14-16,20H,11-13H2,1-2H3,(H,26,27)/t20-/m0/s1. The number of nitrogens with zero attached hydrogens (tertiary/aromatic N) is 1. The number of amides is 1. The summed E-state index contributed by atoms with van der Waals surface area (Å²) >= 11 is 0. The normalized spacial score (nSPS) is 12.3. The van der Waals surface area contributed by atoms with Crippen LogP contribution < -0.4 is 5.32 Å². The first-order valence-corrected chi connectivity index (χ1v) is 9.42. The average molecular weight is 364 g/mol. The van der Waals surface area contributed by atoms with Gasteiger partial charge in [0.2, 0.25) is 0 Å². The summed E-state index contributed by atoms with van der Waals surface area (Å²) in [6, 6.07) is 16.7. The van der Waals surface area contributed by atoms with Crippen molar-refractivity contribution in [3.8, 4) is 0 Å². The van der Waals surface area contributed by atoms with Gasteiger partial charge in [-0.1, -0.05) is 56.3 Å². The van der Waals surface area contributed by atoms with Gasteiger partial charge in [0.25, 0.3) is 5.91 Å². The molecule has 0 fully saturated rings. The van der Waals surface area contributed by atoms with Crippen LogP contribution in [0.3, 0.4) is 0 Å². The van der Waals surface area contributed by atoms with Gasteiger partial charge in [-0.2, -0.15) is 0 Å². The summed E-state index contributed by atoms with van der Waals surface area (Å²) in [6.45, 7) is 4.37. The van der Waals surface area contributed by atoms with E-state index in [9.17, 15) is 9.18 Å². The molecular formula is C23H25FN2O. The van der Waals surface area contributed by atoms with Crippen LogP contribution in [0.2, 0.25) is 0 Å². The lowest BCUT2D eigenvalue weighted by Crippen LogP contribution is -2.36. The third-order valence-corrected chi connectivity index (χ3v) is 4.68. The Hall–Kier alpha value is -2.75. The van der Waals surface area contributed by atoms with E-state index in [0.717, 1.165) is 19.3 Å². The van der Waals surface area contributed by atoms with Crippen LogP contribution in [0, 0.1) is 11.7 Å². The highest BCUT2D eigenvalue weighted by Gasteiger charge is 2.16. The van der Waals surface area contributed by atoms with E-state index in [0.29, 0.717) is 16.9 Å². The second kappa shape index (κ2) is 8.76. The molecule has 1 N–H and O–H groups in total. The van der Waals surface area contributed by atoms with Crippen molar-refractivity contribution in [2.45, 2.75) is 39.2 Å². The Bertz CT molecular complexity index is 909. The monoisotopic (exact) mass is 364 g/mol. The molecule has 3 rings (SSSR count). The van der Waals surface area contributed by atoms with Gasteiger partial charge in [0, 0.05) is 17.6 Å². The maximum atomic E-state index is 13.8. The van der Waals surface area contributed by atoms with Crippen LogP contribution in [0.25, 0.3) is 10.9 Å². The summed E-state index contributed by atoms with van der Waals surface area (Å²) in [5.41, 5.74) is 1.94. The lowest BCUT2D eigenvalue weighted by atomic mass is 9.97. The van der Waals surface area contributed by atoms with E-state index in [1.807, 2.05) is 18.2 Å². The summed E-state index contributed by atoms with van der Waals surface area (Å²) < 4.78 is 13.8. The number of fused-ring (bicyclic) bond motifs is 1. The second-order valence-corrected chi connectivity index (χ2v) is 7.37. The van der Waals surface area contributed by atoms with Crippen molar-refractivity contribution in [3.05, 3.63) is 77.7 Å². The first-order valence-electron chi connectivity index (χ1n) is 9.42. The first kappa shape index (κ1) is 19.0. The summed E-state index contributed by atoms with van der Waals surface area (Å²) in [6.07, 6.45) is 4.19. The molecule has 0 aliphatic rings. The highest BCUT2D eigenvalue weighted by molar-refractivity contribution is 5.97. The maximum absolute atomic E-state index is 13.8. The molecule has 0 aliphatic carbocycles. The number of nitrogens with one attached hydrogen (secondary N) is 1. The first-order chi connectivity index (χ1) is 13.0. The van der Waals surface area contributed by atoms with E-state index in [2.05, 4.69) is 36.3 Å². The molecular weight excluding hydrogens is 339 g/mol. The third kappa shape index (κ3) is 5.13. The topological polar surface area (TPSA) is 42.0 Å². The Labute approximate surface area is 159 Å². The predicted molar refractivity (Wildman–Crippen MR) is 107 cm³/mol. The highest BCUT2D eigenvalue weighted by atomic mass is 19.1. The van der Waals surface area contributed by atoms with E-state index in [4.69, 9.17) is 0 Å². The molecule has 0 unspecified atom stereocenters. The fourth-order valence-electron chi connectivity index (χ4n) is 3.17. The maximum Gasteiger partial charge on any atom is 0.253 e. The number of aromatic nitrogens is 1. The smallest absolute Gasteiger partial charge is 0.253 e. The molecule has 0 saturated heterocycles. The number of para-hydroxylation sites is 1. The zero-order chi connectivity index (χ0) is 19.2. The van der Waals surface area contributed by atoms with Crippen LogP contribution in [0.15, 0.2) is 60.8 Å². The molecule has 0 saturated carbocycles. The number of hydrogen-bond donors (Lipinski definition) is 1. The largest absolute Gasteiger partial charge is 0.349 e. The lowest BCUT2D eigenvalue weighted by Gasteiger charge is -2.20. The van der Waals surface area contributed by atoms with Crippen molar-refractivity contribution in [3.63, 3.8) is 0 Å². The van der Waals surface area contributed by atoms with Crippen LogP contribution >= 0.6 is 0 Å². The van der Waals surface area contributed by atoms with Gasteiger partial charge < -0.3 is 5.32 Å². The molecule has 0 aliphatic heterocycles. The number of benzene rings is 2. The van der Waals surface area contributed by atoms with Crippen molar-refractivity contribution in [2.24, 2.45) is 5.92 Å². The molecule has 1 heterocycles. The SMILES string of the molecule is CC(C)CC[C@@H](Cc1ccccc1)NC(=O)c1cnc2c(F)cccc2c1. The van der Waals surface area contributed by atoms with Gasteiger partial charge in [-0.3, -0.25) is 9.78 Å². The van der Waals surface area contributed by atoms with Gasteiger partial charge in [-0.15, -0.1) is 0 Å². The number of pyridine rings is 1. The molecule has 3 nitrogen and oxygen atoms in total. The van der Waals surface area contributed by atoms with E-state index in [1.165, 1.54) is 17.8 Å². The van der Waals surface area contributed by atoms with Gasteiger partial charge in [-0.25, -0.2) is 4.39 Å². The van der Waals surface area contributed by atoms with Crippen molar-refractivity contribution < 1.29 is 9.18 Å². The van der Waals surface area contributed by atoms with Crippen LogP contribution in [0.5, 0.6) is 0 Å². The van der Waals surface area contributed by atoms with Crippen molar-refractivity contribution in [2.75, 3.05) is 0 Å². The Morgan fingerprint density at radius 2 is 1.85 bits per heavy atom. The predicted octanol–water partition coefficient (Wildman–Crippen LogP) is 5.15. The number of rotatable bonds is 7. The van der Waals surface area contributed by atoms with Crippen LogP contribution in [-0.4, -0.2) is 16.9 Å². The molecule has 140 valence electrons. The van der Waals surface area contributed by atoms with E-state index < -0.39 is 0 Å².